The average Bonchev–Trinajstić information content (AvgIpc) is 3.45. The van der Waals surface area contributed by atoms with Crippen LogP contribution in [0, 0.1) is 20.8 Å². The topological polar surface area (TPSA) is 109 Å². The number of thiophene rings is 1. The van der Waals surface area contributed by atoms with Crippen molar-refractivity contribution in [1.82, 2.24) is 19.3 Å². The van der Waals surface area contributed by atoms with Crippen molar-refractivity contribution in [1.29, 1.82) is 0 Å². The first-order valence-corrected chi connectivity index (χ1v) is 10.5. The highest BCUT2D eigenvalue weighted by molar-refractivity contribution is 7.16. The molecule has 0 spiro atoms. The van der Waals surface area contributed by atoms with E-state index in [2.05, 4.69) is 10.1 Å². The van der Waals surface area contributed by atoms with Gasteiger partial charge in [-0.3, -0.25) is 23.5 Å². The summed E-state index contributed by atoms with van der Waals surface area (Å²) >= 11 is 1.38. The van der Waals surface area contributed by atoms with Gasteiger partial charge in [0.2, 0.25) is 5.78 Å². The molecule has 9 nitrogen and oxygen atoms in total. The van der Waals surface area contributed by atoms with Crippen LogP contribution < -0.4 is 5.56 Å². The Hall–Kier alpha value is -3.53. The summed E-state index contributed by atoms with van der Waals surface area (Å²) in [7, 11) is 0. The number of rotatable bonds is 7. The zero-order chi connectivity index (χ0) is 22.1. The SMILES string of the molecule is Cc1cc(-n2c(C)cc(C(=O)COC(=O)CCn3cnc4sccc4c3=O)c2C)no1. The van der Waals surface area contributed by atoms with E-state index < -0.39 is 5.97 Å². The van der Waals surface area contributed by atoms with Crippen LogP contribution >= 0.6 is 11.3 Å². The van der Waals surface area contributed by atoms with Gasteiger partial charge in [0.05, 0.1) is 18.1 Å². The molecule has 0 N–H and O–H groups in total. The van der Waals surface area contributed by atoms with Gasteiger partial charge in [-0.1, -0.05) is 5.16 Å². The molecule has 0 fully saturated rings. The molecule has 0 aliphatic rings. The highest BCUT2D eigenvalue weighted by Crippen LogP contribution is 2.21. The third-order valence-corrected chi connectivity index (χ3v) is 5.77. The van der Waals surface area contributed by atoms with Crippen molar-refractivity contribution in [3.05, 3.63) is 63.0 Å². The molecule has 0 saturated heterocycles. The predicted molar refractivity (Wildman–Crippen MR) is 114 cm³/mol. The summed E-state index contributed by atoms with van der Waals surface area (Å²) in [4.78, 5) is 42.0. The van der Waals surface area contributed by atoms with E-state index in [9.17, 15) is 14.4 Å². The fourth-order valence-electron chi connectivity index (χ4n) is 3.42. The molecule has 0 aromatic carbocycles. The van der Waals surface area contributed by atoms with E-state index >= 15 is 0 Å². The van der Waals surface area contributed by atoms with Crippen molar-refractivity contribution in [3.8, 4) is 5.82 Å². The van der Waals surface area contributed by atoms with Crippen LogP contribution in [0.15, 0.2) is 39.2 Å². The summed E-state index contributed by atoms with van der Waals surface area (Å²) in [5, 5.41) is 6.31. The number of carbonyl (C=O) groups is 2. The van der Waals surface area contributed by atoms with Crippen LogP contribution in [0.25, 0.3) is 16.0 Å². The molecule has 0 aliphatic carbocycles. The molecule has 0 aliphatic heterocycles. The van der Waals surface area contributed by atoms with Crippen molar-refractivity contribution in [3.63, 3.8) is 0 Å². The first kappa shape index (κ1) is 20.7. The number of Topliss-reactive ketones (excluding diaryl/α,β-unsaturated/α-hetero) is 1. The first-order chi connectivity index (χ1) is 14.8. The van der Waals surface area contributed by atoms with Crippen molar-refractivity contribution in [2.45, 2.75) is 33.7 Å². The molecule has 0 saturated carbocycles. The number of esters is 1. The largest absolute Gasteiger partial charge is 0.457 e. The Morgan fingerprint density at radius 2 is 2.03 bits per heavy atom. The van der Waals surface area contributed by atoms with E-state index in [1.54, 1.807) is 37.4 Å². The first-order valence-electron chi connectivity index (χ1n) is 9.59. The second-order valence-electron chi connectivity index (χ2n) is 7.13. The second kappa shape index (κ2) is 8.31. The van der Waals surface area contributed by atoms with Crippen LogP contribution in [0.4, 0.5) is 0 Å². The van der Waals surface area contributed by atoms with E-state index in [4.69, 9.17) is 9.26 Å². The minimum Gasteiger partial charge on any atom is -0.457 e. The van der Waals surface area contributed by atoms with Gasteiger partial charge >= 0.3 is 5.97 Å². The molecule has 0 bridgehead atoms. The number of carbonyl (C=O) groups excluding carboxylic acids is 2. The van der Waals surface area contributed by atoms with E-state index in [0.29, 0.717) is 33.1 Å². The summed E-state index contributed by atoms with van der Waals surface area (Å²) < 4.78 is 13.4. The molecule has 4 aromatic heterocycles. The van der Waals surface area contributed by atoms with Gasteiger partial charge in [-0.15, -0.1) is 11.3 Å². The molecule has 4 aromatic rings. The number of ether oxygens (including phenoxy) is 1. The van der Waals surface area contributed by atoms with Gasteiger partial charge in [0, 0.05) is 29.6 Å². The predicted octanol–water partition coefficient (Wildman–Crippen LogP) is 2.98. The van der Waals surface area contributed by atoms with Gasteiger partial charge in [0.25, 0.3) is 5.56 Å². The fourth-order valence-corrected chi connectivity index (χ4v) is 4.14. The number of nitrogens with zero attached hydrogens (tertiary/aromatic N) is 4. The van der Waals surface area contributed by atoms with Gasteiger partial charge in [-0.25, -0.2) is 4.98 Å². The van der Waals surface area contributed by atoms with E-state index in [1.807, 2.05) is 11.5 Å². The van der Waals surface area contributed by atoms with E-state index in [-0.39, 0.29) is 30.9 Å². The van der Waals surface area contributed by atoms with Gasteiger partial charge in [-0.2, -0.15) is 0 Å². The Morgan fingerprint density at radius 1 is 1.23 bits per heavy atom. The average molecular weight is 440 g/mol. The van der Waals surface area contributed by atoms with Crippen LogP contribution in [0.1, 0.15) is 33.9 Å². The highest BCUT2D eigenvalue weighted by Gasteiger charge is 2.19. The molecule has 10 heteroatoms. The van der Waals surface area contributed by atoms with Gasteiger partial charge < -0.3 is 9.26 Å². The third kappa shape index (κ3) is 4.06. The minimum atomic E-state index is -0.563. The number of ketones is 1. The van der Waals surface area contributed by atoms with Crippen LogP contribution in [-0.2, 0) is 16.1 Å². The Morgan fingerprint density at radius 3 is 2.77 bits per heavy atom. The van der Waals surface area contributed by atoms with Crippen LogP contribution in [-0.4, -0.2) is 37.6 Å². The van der Waals surface area contributed by atoms with Crippen molar-refractivity contribution < 1.29 is 18.8 Å². The van der Waals surface area contributed by atoms with Gasteiger partial charge in [0.1, 0.15) is 10.6 Å². The second-order valence-corrected chi connectivity index (χ2v) is 8.03. The lowest BCUT2D eigenvalue weighted by Gasteiger charge is -2.07. The summed E-state index contributed by atoms with van der Waals surface area (Å²) in [6.07, 6.45) is 1.38. The molecule has 4 heterocycles. The summed E-state index contributed by atoms with van der Waals surface area (Å²) in [5.74, 6) is 0.375. The molecule has 31 heavy (non-hydrogen) atoms. The molecular weight excluding hydrogens is 420 g/mol. The molecule has 160 valence electrons. The third-order valence-electron chi connectivity index (χ3n) is 4.95. The molecule has 0 radical (unpaired) electrons. The Kier molecular flexibility index (Phi) is 5.55. The van der Waals surface area contributed by atoms with E-state index in [0.717, 1.165) is 5.69 Å². The van der Waals surface area contributed by atoms with Crippen LogP contribution in [0.5, 0.6) is 0 Å². The lowest BCUT2D eigenvalue weighted by molar-refractivity contribution is -0.142. The molecular formula is C21H20N4O5S. The number of hydrogen-bond donors (Lipinski definition) is 0. The monoisotopic (exact) mass is 440 g/mol. The minimum absolute atomic E-state index is 0.0399. The van der Waals surface area contributed by atoms with Crippen molar-refractivity contribution >= 4 is 33.3 Å². The number of hydrogen-bond acceptors (Lipinski definition) is 8. The molecule has 0 unspecified atom stereocenters. The highest BCUT2D eigenvalue weighted by atomic mass is 32.1. The van der Waals surface area contributed by atoms with Crippen molar-refractivity contribution in [2.75, 3.05) is 6.61 Å². The molecule has 0 amide bonds. The maximum atomic E-state index is 12.6. The number of aromatic nitrogens is 4. The quantitative estimate of drug-likeness (QED) is 0.321. The van der Waals surface area contributed by atoms with Crippen LogP contribution in [0.3, 0.4) is 0 Å². The lowest BCUT2D eigenvalue weighted by Crippen LogP contribution is -2.22. The summed E-state index contributed by atoms with van der Waals surface area (Å²) in [6, 6.07) is 5.22. The molecule has 0 atom stereocenters. The number of fused-ring (bicyclic) bond motifs is 1. The summed E-state index contributed by atoms with van der Waals surface area (Å²) in [5.41, 5.74) is 1.75. The van der Waals surface area contributed by atoms with Crippen molar-refractivity contribution in [2.24, 2.45) is 0 Å². The Labute approximate surface area is 180 Å². The Bertz CT molecular complexity index is 1340. The van der Waals surface area contributed by atoms with Gasteiger partial charge in [0.15, 0.2) is 12.4 Å². The van der Waals surface area contributed by atoms with Crippen LogP contribution in [0.2, 0.25) is 0 Å². The lowest BCUT2D eigenvalue weighted by atomic mass is 10.1. The molecule has 4 rings (SSSR count). The smallest absolute Gasteiger partial charge is 0.308 e. The maximum absolute atomic E-state index is 12.6. The standard InChI is InChI=1S/C21H20N4O5S/c1-12-8-16(14(3)25(12)18-9-13(2)30-23-18)17(26)10-29-19(27)4-6-24-11-22-20-15(21(24)28)5-7-31-20/h5,7-9,11H,4,6,10H2,1-3H3. The summed E-state index contributed by atoms with van der Waals surface area (Å²) in [6.45, 7) is 5.20. The number of aryl methyl sites for hydroxylation is 3. The normalized spacial score (nSPS) is 11.2. The van der Waals surface area contributed by atoms with E-state index in [1.165, 1.54) is 22.2 Å². The zero-order valence-corrected chi connectivity index (χ0v) is 18.1. The zero-order valence-electron chi connectivity index (χ0n) is 17.2. The maximum Gasteiger partial charge on any atom is 0.308 e. The Balaban J connectivity index is 1.38. The van der Waals surface area contributed by atoms with Gasteiger partial charge in [-0.05, 0) is 38.3 Å². The fraction of sp³-hybridized carbons (Fsp3) is 0.286.